The Morgan fingerprint density at radius 1 is 1.43 bits per heavy atom. The van der Waals surface area contributed by atoms with Crippen molar-refractivity contribution in [1.82, 2.24) is 0 Å². The van der Waals surface area contributed by atoms with E-state index >= 15 is 0 Å². The second-order valence-corrected chi connectivity index (χ2v) is 3.11. The van der Waals surface area contributed by atoms with E-state index in [9.17, 15) is 9.59 Å². The minimum atomic E-state index is -0.997. The number of esters is 1. The highest BCUT2D eigenvalue weighted by Crippen LogP contribution is 2.36. The van der Waals surface area contributed by atoms with Crippen molar-refractivity contribution in [3.8, 4) is 5.75 Å². The Bertz CT molecular complexity index is 397. The molecule has 1 aromatic rings. The molecule has 0 unspecified atom stereocenters. The SMILES string of the molecule is O=C(O)C[C@H]1C(=O)Oc2ccccc21. The van der Waals surface area contributed by atoms with Gasteiger partial charge in [-0.15, -0.1) is 0 Å². The average molecular weight is 192 g/mol. The van der Waals surface area contributed by atoms with Crippen LogP contribution in [0.15, 0.2) is 24.3 Å². The summed E-state index contributed by atoms with van der Waals surface area (Å²) in [7, 11) is 0. The van der Waals surface area contributed by atoms with Crippen molar-refractivity contribution in [3.05, 3.63) is 29.8 Å². The third-order valence-electron chi connectivity index (χ3n) is 2.17. The Labute approximate surface area is 80.1 Å². The first-order valence-corrected chi connectivity index (χ1v) is 4.21. The van der Waals surface area contributed by atoms with Crippen LogP contribution in [0.5, 0.6) is 5.75 Å². The maximum atomic E-state index is 11.3. The first kappa shape index (κ1) is 8.74. The molecule has 1 N–H and O–H groups in total. The van der Waals surface area contributed by atoms with E-state index in [-0.39, 0.29) is 6.42 Å². The molecule has 0 saturated carbocycles. The number of para-hydroxylation sites is 1. The normalized spacial score (nSPS) is 18.9. The predicted molar refractivity (Wildman–Crippen MR) is 47.1 cm³/mol. The molecule has 0 bridgehead atoms. The number of hydrogen-bond donors (Lipinski definition) is 1. The maximum absolute atomic E-state index is 11.3. The van der Waals surface area contributed by atoms with Crippen molar-refractivity contribution in [1.29, 1.82) is 0 Å². The first-order chi connectivity index (χ1) is 6.68. The summed E-state index contributed by atoms with van der Waals surface area (Å²) in [6.45, 7) is 0. The molecule has 0 saturated heterocycles. The van der Waals surface area contributed by atoms with Gasteiger partial charge in [-0.3, -0.25) is 9.59 Å². The Morgan fingerprint density at radius 3 is 2.86 bits per heavy atom. The van der Waals surface area contributed by atoms with Crippen LogP contribution >= 0.6 is 0 Å². The van der Waals surface area contributed by atoms with E-state index in [2.05, 4.69) is 0 Å². The molecule has 4 heteroatoms. The summed E-state index contributed by atoms with van der Waals surface area (Å²) in [6, 6.07) is 6.88. The third kappa shape index (κ3) is 1.35. The highest BCUT2D eigenvalue weighted by Gasteiger charge is 2.34. The molecular weight excluding hydrogens is 184 g/mol. The van der Waals surface area contributed by atoms with E-state index < -0.39 is 17.9 Å². The standard InChI is InChI=1S/C10H8O4/c11-9(12)5-7-6-3-1-2-4-8(6)14-10(7)13/h1-4,7H,5H2,(H,11,12)/t7-/m1/s1. The van der Waals surface area contributed by atoms with E-state index in [0.29, 0.717) is 11.3 Å². The quantitative estimate of drug-likeness (QED) is 0.564. The van der Waals surface area contributed by atoms with Gasteiger partial charge in [0, 0.05) is 5.56 Å². The zero-order valence-corrected chi connectivity index (χ0v) is 7.27. The van der Waals surface area contributed by atoms with Gasteiger partial charge in [0.25, 0.3) is 0 Å². The van der Waals surface area contributed by atoms with E-state index in [1.165, 1.54) is 0 Å². The smallest absolute Gasteiger partial charge is 0.319 e. The van der Waals surface area contributed by atoms with E-state index in [1.807, 2.05) is 0 Å². The fourth-order valence-electron chi connectivity index (χ4n) is 1.54. The lowest BCUT2D eigenvalue weighted by atomic mass is 9.98. The number of aliphatic carboxylic acids is 1. The van der Waals surface area contributed by atoms with Crippen LogP contribution < -0.4 is 4.74 Å². The number of carboxylic acids is 1. The molecule has 0 spiro atoms. The van der Waals surface area contributed by atoms with Gasteiger partial charge in [-0.05, 0) is 6.07 Å². The monoisotopic (exact) mass is 192 g/mol. The molecule has 4 nitrogen and oxygen atoms in total. The Balaban J connectivity index is 2.34. The van der Waals surface area contributed by atoms with Crippen LogP contribution in [-0.2, 0) is 9.59 Å². The summed E-state index contributed by atoms with van der Waals surface area (Å²) >= 11 is 0. The Hall–Kier alpha value is -1.84. The van der Waals surface area contributed by atoms with Crippen LogP contribution in [0, 0.1) is 0 Å². The number of ether oxygens (including phenoxy) is 1. The van der Waals surface area contributed by atoms with Gasteiger partial charge in [0.05, 0.1) is 12.3 Å². The van der Waals surface area contributed by atoms with Crippen molar-refractivity contribution in [2.24, 2.45) is 0 Å². The van der Waals surface area contributed by atoms with Crippen LogP contribution in [0.25, 0.3) is 0 Å². The van der Waals surface area contributed by atoms with Crippen LogP contribution in [0.2, 0.25) is 0 Å². The molecule has 0 aliphatic carbocycles. The number of carboxylic acid groups (broad SMARTS) is 1. The molecule has 0 aromatic heterocycles. The molecule has 0 radical (unpaired) electrons. The molecule has 1 aliphatic rings. The second kappa shape index (κ2) is 3.14. The lowest BCUT2D eigenvalue weighted by Crippen LogP contribution is -2.14. The zero-order chi connectivity index (χ0) is 10.1. The van der Waals surface area contributed by atoms with Gasteiger partial charge in [-0.2, -0.15) is 0 Å². The number of carbonyl (C=O) groups is 2. The molecule has 1 heterocycles. The first-order valence-electron chi connectivity index (χ1n) is 4.21. The second-order valence-electron chi connectivity index (χ2n) is 3.11. The van der Waals surface area contributed by atoms with Gasteiger partial charge < -0.3 is 9.84 Å². The molecule has 1 atom stereocenters. The zero-order valence-electron chi connectivity index (χ0n) is 7.27. The van der Waals surface area contributed by atoms with Gasteiger partial charge in [0.2, 0.25) is 0 Å². The van der Waals surface area contributed by atoms with E-state index in [4.69, 9.17) is 9.84 Å². The molecule has 1 aliphatic heterocycles. The van der Waals surface area contributed by atoms with Crippen molar-refractivity contribution in [3.63, 3.8) is 0 Å². The molecular formula is C10H8O4. The van der Waals surface area contributed by atoms with Gasteiger partial charge in [0.1, 0.15) is 5.75 Å². The van der Waals surface area contributed by atoms with Crippen molar-refractivity contribution >= 4 is 11.9 Å². The van der Waals surface area contributed by atoms with Crippen molar-refractivity contribution < 1.29 is 19.4 Å². The van der Waals surface area contributed by atoms with E-state index in [1.54, 1.807) is 24.3 Å². The predicted octanol–water partition coefficient (Wildman–Crippen LogP) is 1.16. The molecule has 0 amide bonds. The largest absolute Gasteiger partial charge is 0.481 e. The summed E-state index contributed by atoms with van der Waals surface area (Å²) in [5, 5.41) is 8.61. The fourth-order valence-corrected chi connectivity index (χ4v) is 1.54. The highest BCUT2D eigenvalue weighted by molar-refractivity contribution is 5.89. The average Bonchev–Trinajstić information content (AvgIpc) is 2.43. The third-order valence-corrected chi connectivity index (χ3v) is 2.17. The Morgan fingerprint density at radius 2 is 2.14 bits per heavy atom. The molecule has 0 fully saturated rings. The van der Waals surface area contributed by atoms with Crippen molar-refractivity contribution in [2.75, 3.05) is 0 Å². The topological polar surface area (TPSA) is 63.6 Å². The number of rotatable bonds is 2. The lowest BCUT2D eigenvalue weighted by molar-refractivity contribution is -0.142. The minimum absolute atomic E-state index is 0.212. The molecule has 14 heavy (non-hydrogen) atoms. The molecule has 1 aromatic carbocycles. The summed E-state index contributed by atoms with van der Waals surface area (Å²) in [5.41, 5.74) is 0.667. The fraction of sp³-hybridized carbons (Fsp3) is 0.200. The van der Waals surface area contributed by atoms with E-state index in [0.717, 1.165) is 0 Å². The summed E-state index contributed by atoms with van der Waals surface area (Å²) in [6.07, 6.45) is -0.212. The summed E-state index contributed by atoms with van der Waals surface area (Å²) in [5.74, 6) is -1.65. The number of benzene rings is 1. The van der Waals surface area contributed by atoms with Crippen molar-refractivity contribution in [2.45, 2.75) is 12.3 Å². The van der Waals surface area contributed by atoms with Crippen LogP contribution in [-0.4, -0.2) is 17.0 Å². The van der Waals surface area contributed by atoms with Crippen LogP contribution in [0.1, 0.15) is 17.9 Å². The number of carbonyl (C=O) groups excluding carboxylic acids is 1. The van der Waals surface area contributed by atoms with Crippen LogP contribution in [0.3, 0.4) is 0 Å². The summed E-state index contributed by atoms with van der Waals surface area (Å²) < 4.78 is 4.92. The highest BCUT2D eigenvalue weighted by atomic mass is 16.5. The van der Waals surface area contributed by atoms with Crippen LogP contribution in [0.4, 0.5) is 0 Å². The number of fused-ring (bicyclic) bond motifs is 1. The molecule has 72 valence electrons. The number of hydrogen-bond acceptors (Lipinski definition) is 3. The Kier molecular flexibility index (Phi) is 1.96. The van der Waals surface area contributed by atoms with Gasteiger partial charge >= 0.3 is 11.9 Å². The lowest BCUT2D eigenvalue weighted by Gasteiger charge is -2.01. The maximum Gasteiger partial charge on any atom is 0.319 e. The van der Waals surface area contributed by atoms with Gasteiger partial charge in [-0.1, -0.05) is 18.2 Å². The van der Waals surface area contributed by atoms with Gasteiger partial charge in [0.15, 0.2) is 0 Å². The van der Waals surface area contributed by atoms with Gasteiger partial charge in [-0.25, -0.2) is 0 Å². The summed E-state index contributed by atoms with van der Waals surface area (Å²) in [4.78, 5) is 21.8. The minimum Gasteiger partial charge on any atom is -0.481 e. The molecule has 2 rings (SSSR count).